The first-order valence-corrected chi connectivity index (χ1v) is 8.77. The van der Waals surface area contributed by atoms with Crippen LogP contribution in [0.4, 0.5) is 5.69 Å². The summed E-state index contributed by atoms with van der Waals surface area (Å²) in [6.07, 6.45) is 4.26. The lowest BCUT2D eigenvalue weighted by Crippen LogP contribution is -2.31. The number of nitrogens with zero attached hydrogens (tertiary/aromatic N) is 2. The van der Waals surface area contributed by atoms with Gasteiger partial charge in [0.2, 0.25) is 0 Å². The molecule has 6 heteroatoms. The second kappa shape index (κ2) is 7.11. The molecule has 0 aliphatic carbocycles. The number of nitrogens with one attached hydrogen (secondary N) is 3. The molecule has 0 bridgehead atoms. The second-order valence-corrected chi connectivity index (χ2v) is 6.45. The number of aromatic nitrogens is 3. The Morgan fingerprint density at radius 3 is 2.72 bits per heavy atom. The van der Waals surface area contributed by atoms with Gasteiger partial charge in [0.15, 0.2) is 5.65 Å². The van der Waals surface area contributed by atoms with E-state index in [4.69, 9.17) is 4.74 Å². The number of ether oxygens (including phenoxy) is 1. The van der Waals surface area contributed by atoms with Gasteiger partial charge in [-0.3, -0.25) is 0 Å². The molecular formula is C19H23N5O. The Kier molecular flexibility index (Phi) is 4.52. The third-order valence-electron chi connectivity index (χ3n) is 4.80. The van der Waals surface area contributed by atoms with Crippen LogP contribution in [0.25, 0.3) is 22.6 Å². The summed E-state index contributed by atoms with van der Waals surface area (Å²) in [6, 6.07) is 9.88. The van der Waals surface area contributed by atoms with Gasteiger partial charge in [0.05, 0.1) is 12.8 Å². The summed E-state index contributed by atoms with van der Waals surface area (Å²) in [5, 5.41) is 6.99. The Morgan fingerprint density at radius 1 is 1.16 bits per heavy atom. The normalized spacial score (nSPS) is 15.4. The van der Waals surface area contributed by atoms with Crippen LogP contribution < -0.4 is 15.4 Å². The zero-order chi connectivity index (χ0) is 17.1. The SMILES string of the molecule is COc1ccc(-c2nc3nccc(NCC4CCNCC4)c3[nH]2)cc1. The van der Waals surface area contributed by atoms with Crippen LogP contribution >= 0.6 is 0 Å². The molecule has 0 spiro atoms. The van der Waals surface area contributed by atoms with Gasteiger partial charge >= 0.3 is 0 Å². The zero-order valence-electron chi connectivity index (χ0n) is 14.4. The molecule has 25 heavy (non-hydrogen) atoms. The number of hydrogen-bond donors (Lipinski definition) is 3. The fraction of sp³-hybridized carbons (Fsp3) is 0.368. The van der Waals surface area contributed by atoms with Crippen LogP contribution in [0.1, 0.15) is 12.8 Å². The molecule has 1 saturated heterocycles. The molecule has 1 fully saturated rings. The molecular weight excluding hydrogens is 314 g/mol. The highest BCUT2D eigenvalue weighted by Gasteiger charge is 2.14. The summed E-state index contributed by atoms with van der Waals surface area (Å²) in [5.41, 5.74) is 3.78. The number of fused-ring (bicyclic) bond motifs is 1. The fourth-order valence-electron chi connectivity index (χ4n) is 3.28. The number of pyridine rings is 1. The van der Waals surface area contributed by atoms with Crippen molar-refractivity contribution in [1.82, 2.24) is 20.3 Å². The zero-order valence-corrected chi connectivity index (χ0v) is 14.4. The number of benzene rings is 1. The second-order valence-electron chi connectivity index (χ2n) is 6.45. The lowest BCUT2D eigenvalue weighted by molar-refractivity contribution is 0.390. The summed E-state index contributed by atoms with van der Waals surface area (Å²) in [5.74, 6) is 2.37. The van der Waals surface area contributed by atoms with E-state index in [9.17, 15) is 0 Å². The maximum absolute atomic E-state index is 5.22. The van der Waals surface area contributed by atoms with Gasteiger partial charge in [-0.2, -0.15) is 0 Å². The molecule has 3 aromatic rings. The van der Waals surface area contributed by atoms with E-state index in [1.54, 1.807) is 7.11 Å². The molecule has 3 N–H and O–H groups in total. The lowest BCUT2D eigenvalue weighted by Gasteiger charge is -2.23. The molecule has 1 aromatic carbocycles. The third kappa shape index (κ3) is 3.44. The number of piperidine rings is 1. The number of imidazole rings is 1. The average molecular weight is 337 g/mol. The molecule has 4 rings (SSSR count). The summed E-state index contributed by atoms with van der Waals surface area (Å²) in [6.45, 7) is 3.21. The third-order valence-corrected chi connectivity index (χ3v) is 4.80. The number of methoxy groups -OCH3 is 1. The molecule has 0 amide bonds. The topological polar surface area (TPSA) is 74.9 Å². The molecule has 0 saturated carbocycles. The van der Waals surface area contributed by atoms with Crippen molar-refractivity contribution in [1.29, 1.82) is 0 Å². The van der Waals surface area contributed by atoms with Gasteiger partial charge in [-0.25, -0.2) is 9.97 Å². The van der Waals surface area contributed by atoms with Crippen molar-refractivity contribution in [2.45, 2.75) is 12.8 Å². The fourth-order valence-corrected chi connectivity index (χ4v) is 3.28. The Morgan fingerprint density at radius 2 is 1.96 bits per heavy atom. The van der Waals surface area contributed by atoms with Gasteiger partial charge < -0.3 is 20.4 Å². The predicted octanol–water partition coefficient (Wildman–Crippen LogP) is 3.05. The highest BCUT2D eigenvalue weighted by Crippen LogP contribution is 2.26. The number of rotatable bonds is 5. The summed E-state index contributed by atoms with van der Waals surface area (Å²) in [4.78, 5) is 12.5. The smallest absolute Gasteiger partial charge is 0.180 e. The van der Waals surface area contributed by atoms with E-state index in [1.807, 2.05) is 36.5 Å². The van der Waals surface area contributed by atoms with Crippen molar-refractivity contribution in [2.24, 2.45) is 5.92 Å². The average Bonchev–Trinajstić information content (AvgIpc) is 3.12. The summed E-state index contributed by atoms with van der Waals surface area (Å²) < 4.78 is 5.22. The lowest BCUT2D eigenvalue weighted by atomic mass is 9.98. The highest BCUT2D eigenvalue weighted by atomic mass is 16.5. The molecule has 0 unspecified atom stereocenters. The van der Waals surface area contributed by atoms with Gasteiger partial charge in [0, 0.05) is 18.3 Å². The summed E-state index contributed by atoms with van der Waals surface area (Å²) in [7, 11) is 1.67. The Bertz CT molecular complexity index is 837. The van der Waals surface area contributed by atoms with Crippen molar-refractivity contribution in [2.75, 3.05) is 32.1 Å². The van der Waals surface area contributed by atoms with Crippen LogP contribution in [-0.2, 0) is 0 Å². The van der Waals surface area contributed by atoms with Crippen molar-refractivity contribution in [3.63, 3.8) is 0 Å². The molecule has 0 radical (unpaired) electrons. The standard InChI is InChI=1S/C19H23N5O/c1-25-15-4-2-14(3-5-15)18-23-17-16(8-11-21-19(17)24-18)22-12-13-6-9-20-10-7-13/h2-5,8,11,13,20H,6-7,9-10,12H2,1H3,(H2,21,22,23,24). The van der Waals surface area contributed by atoms with Crippen LogP contribution in [0.2, 0.25) is 0 Å². The van der Waals surface area contributed by atoms with E-state index in [-0.39, 0.29) is 0 Å². The van der Waals surface area contributed by atoms with Crippen molar-refractivity contribution in [3.05, 3.63) is 36.5 Å². The minimum absolute atomic E-state index is 0.716. The Balaban J connectivity index is 1.57. The molecule has 3 heterocycles. The van der Waals surface area contributed by atoms with Crippen LogP contribution in [0.5, 0.6) is 5.75 Å². The molecule has 6 nitrogen and oxygen atoms in total. The van der Waals surface area contributed by atoms with E-state index in [0.717, 1.165) is 53.6 Å². The summed E-state index contributed by atoms with van der Waals surface area (Å²) >= 11 is 0. The van der Waals surface area contributed by atoms with Gasteiger partial charge in [-0.15, -0.1) is 0 Å². The van der Waals surface area contributed by atoms with E-state index in [1.165, 1.54) is 12.8 Å². The maximum atomic E-state index is 5.22. The molecule has 1 aliphatic rings. The van der Waals surface area contributed by atoms with Gasteiger partial charge in [-0.1, -0.05) is 0 Å². The van der Waals surface area contributed by atoms with Crippen molar-refractivity contribution >= 4 is 16.9 Å². The number of aromatic amines is 1. The highest BCUT2D eigenvalue weighted by molar-refractivity contribution is 5.87. The van der Waals surface area contributed by atoms with Crippen molar-refractivity contribution < 1.29 is 4.74 Å². The monoisotopic (exact) mass is 337 g/mol. The van der Waals surface area contributed by atoms with E-state index in [2.05, 4.69) is 25.6 Å². The minimum Gasteiger partial charge on any atom is -0.497 e. The van der Waals surface area contributed by atoms with Gasteiger partial charge in [0.25, 0.3) is 0 Å². The van der Waals surface area contributed by atoms with Gasteiger partial charge in [0.1, 0.15) is 17.1 Å². The van der Waals surface area contributed by atoms with Crippen LogP contribution in [0.15, 0.2) is 36.5 Å². The maximum Gasteiger partial charge on any atom is 0.180 e. The molecule has 0 atom stereocenters. The number of anilines is 1. The molecule has 130 valence electrons. The first-order valence-electron chi connectivity index (χ1n) is 8.77. The first-order chi connectivity index (χ1) is 12.3. The van der Waals surface area contributed by atoms with Crippen LogP contribution in [0.3, 0.4) is 0 Å². The van der Waals surface area contributed by atoms with Crippen LogP contribution in [0, 0.1) is 5.92 Å². The van der Waals surface area contributed by atoms with E-state index in [0.29, 0.717) is 5.92 Å². The number of H-pyrrole nitrogens is 1. The Labute approximate surface area is 147 Å². The minimum atomic E-state index is 0.716. The van der Waals surface area contributed by atoms with Crippen LogP contribution in [-0.4, -0.2) is 41.7 Å². The van der Waals surface area contributed by atoms with Crippen molar-refractivity contribution in [3.8, 4) is 17.1 Å². The largest absolute Gasteiger partial charge is 0.497 e. The quantitative estimate of drug-likeness (QED) is 0.667. The van der Waals surface area contributed by atoms with E-state index >= 15 is 0 Å². The first kappa shape index (κ1) is 15.9. The molecule has 1 aliphatic heterocycles. The van der Waals surface area contributed by atoms with Gasteiger partial charge in [-0.05, 0) is 62.2 Å². The predicted molar refractivity (Wildman–Crippen MR) is 100.0 cm³/mol. The van der Waals surface area contributed by atoms with E-state index < -0.39 is 0 Å². The number of hydrogen-bond acceptors (Lipinski definition) is 5. The molecule has 2 aromatic heterocycles. The Hall–Kier alpha value is -2.60.